The Bertz CT molecular complexity index is 1330. The third kappa shape index (κ3) is 3.26. The van der Waals surface area contributed by atoms with Crippen molar-refractivity contribution in [1.82, 2.24) is 9.88 Å². The summed E-state index contributed by atoms with van der Waals surface area (Å²) in [6, 6.07) is 22.1. The Morgan fingerprint density at radius 3 is 2.62 bits per heavy atom. The molecule has 1 fully saturated rings. The molecule has 0 atom stereocenters. The van der Waals surface area contributed by atoms with Gasteiger partial charge in [-0.15, -0.1) is 0 Å². The van der Waals surface area contributed by atoms with E-state index in [0.717, 1.165) is 24.2 Å². The highest BCUT2D eigenvalue weighted by Gasteiger charge is 2.38. The molecule has 3 heterocycles. The van der Waals surface area contributed by atoms with Crippen LogP contribution in [0.15, 0.2) is 83.6 Å². The summed E-state index contributed by atoms with van der Waals surface area (Å²) in [5, 5.41) is 0. The number of amides is 1. The number of hydrogen-bond acceptors (Lipinski definition) is 4. The third-order valence-electron chi connectivity index (χ3n) is 6.47. The maximum absolute atomic E-state index is 13.0. The quantitative estimate of drug-likeness (QED) is 0.423. The van der Waals surface area contributed by atoms with E-state index in [0.29, 0.717) is 29.8 Å². The topological polar surface area (TPSA) is 55.6 Å². The second-order valence-electron chi connectivity index (χ2n) is 8.45. The summed E-state index contributed by atoms with van der Waals surface area (Å²) in [4.78, 5) is 19.1. The molecule has 5 heteroatoms. The Morgan fingerprint density at radius 2 is 1.78 bits per heavy atom. The van der Waals surface area contributed by atoms with E-state index in [2.05, 4.69) is 59.6 Å². The maximum atomic E-state index is 13.0. The Morgan fingerprint density at radius 1 is 0.938 bits per heavy atom. The van der Waals surface area contributed by atoms with Crippen LogP contribution in [0.5, 0.6) is 5.75 Å². The van der Waals surface area contributed by atoms with Crippen molar-refractivity contribution < 1.29 is 13.9 Å². The van der Waals surface area contributed by atoms with Gasteiger partial charge in [0, 0.05) is 37.1 Å². The summed E-state index contributed by atoms with van der Waals surface area (Å²) in [5.41, 5.74) is 5.15. The number of ether oxygens (including phenoxy) is 1. The molecular weight excluding hydrogens is 400 g/mol. The molecule has 5 nitrogen and oxygen atoms in total. The fraction of sp³-hybridized carbons (Fsp3) is 0.185. The molecule has 6 rings (SSSR count). The van der Waals surface area contributed by atoms with E-state index in [4.69, 9.17) is 9.15 Å². The van der Waals surface area contributed by atoms with Crippen LogP contribution >= 0.6 is 0 Å². The van der Waals surface area contributed by atoms with Crippen LogP contribution in [0.3, 0.4) is 0 Å². The van der Waals surface area contributed by atoms with Crippen molar-refractivity contribution in [2.24, 2.45) is 0 Å². The molecule has 1 amide bonds. The summed E-state index contributed by atoms with van der Waals surface area (Å²) in [6.07, 6.45) is 7.27. The van der Waals surface area contributed by atoms with Crippen molar-refractivity contribution in [3.8, 4) is 16.9 Å². The minimum Gasteiger partial charge on any atom is -0.482 e. The van der Waals surface area contributed by atoms with E-state index in [1.165, 1.54) is 17.5 Å². The van der Waals surface area contributed by atoms with Crippen molar-refractivity contribution in [2.75, 3.05) is 13.1 Å². The first-order valence-corrected chi connectivity index (χ1v) is 10.9. The van der Waals surface area contributed by atoms with Crippen molar-refractivity contribution >= 4 is 23.1 Å². The minimum absolute atomic E-state index is 0.0254. The van der Waals surface area contributed by atoms with Crippen LogP contribution in [-0.2, 0) is 0 Å². The van der Waals surface area contributed by atoms with Crippen LogP contribution in [-0.4, -0.2) is 34.5 Å². The Kier molecular flexibility index (Phi) is 4.35. The molecule has 0 bridgehead atoms. The SMILES string of the molecule is O=C(c1ccc2ocnc2c1)N1CCC2(C=Cc3cc(-c4ccccc4)ccc3O2)CC1. The van der Waals surface area contributed by atoms with E-state index in [1.807, 2.05) is 11.0 Å². The van der Waals surface area contributed by atoms with Gasteiger partial charge < -0.3 is 14.1 Å². The van der Waals surface area contributed by atoms with E-state index < -0.39 is 0 Å². The first kappa shape index (κ1) is 18.9. The van der Waals surface area contributed by atoms with Gasteiger partial charge in [-0.2, -0.15) is 0 Å². The number of hydrogen-bond donors (Lipinski definition) is 0. The normalized spacial score (nSPS) is 16.7. The molecule has 0 unspecified atom stereocenters. The van der Waals surface area contributed by atoms with Crippen molar-refractivity contribution in [2.45, 2.75) is 18.4 Å². The second-order valence-corrected chi connectivity index (χ2v) is 8.45. The van der Waals surface area contributed by atoms with Gasteiger partial charge in [0.05, 0.1) is 0 Å². The first-order chi connectivity index (χ1) is 15.7. The summed E-state index contributed by atoms with van der Waals surface area (Å²) in [5.74, 6) is 0.931. The molecule has 2 aliphatic heterocycles. The number of piperidine rings is 1. The molecule has 32 heavy (non-hydrogen) atoms. The lowest BCUT2D eigenvalue weighted by Crippen LogP contribution is -2.49. The Balaban J connectivity index is 1.17. The van der Waals surface area contributed by atoms with Gasteiger partial charge in [-0.25, -0.2) is 4.98 Å². The smallest absolute Gasteiger partial charge is 0.253 e. The maximum Gasteiger partial charge on any atom is 0.253 e. The van der Waals surface area contributed by atoms with Gasteiger partial charge in [0.2, 0.25) is 0 Å². The van der Waals surface area contributed by atoms with Crippen LogP contribution in [0.2, 0.25) is 0 Å². The summed E-state index contributed by atoms with van der Waals surface area (Å²) < 4.78 is 11.8. The van der Waals surface area contributed by atoms with Gasteiger partial charge in [-0.3, -0.25) is 4.79 Å². The van der Waals surface area contributed by atoms with Gasteiger partial charge in [0.25, 0.3) is 5.91 Å². The molecule has 2 aliphatic rings. The molecular formula is C27H22N2O3. The van der Waals surface area contributed by atoms with Gasteiger partial charge in [-0.05, 0) is 47.5 Å². The molecule has 0 aliphatic carbocycles. The van der Waals surface area contributed by atoms with Gasteiger partial charge in [0.15, 0.2) is 12.0 Å². The van der Waals surface area contributed by atoms with Crippen LogP contribution in [0.4, 0.5) is 0 Å². The molecule has 1 saturated heterocycles. The number of carbonyl (C=O) groups is 1. The fourth-order valence-electron chi connectivity index (χ4n) is 4.61. The number of carbonyl (C=O) groups excluding carboxylic acids is 1. The average Bonchev–Trinajstić information content (AvgIpc) is 3.32. The third-order valence-corrected chi connectivity index (χ3v) is 6.47. The van der Waals surface area contributed by atoms with Gasteiger partial charge in [-0.1, -0.05) is 42.5 Å². The standard InChI is InChI=1S/C27H22N2O3/c30-26(22-7-9-25-23(17-22)28-18-31-25)29-14-12-27(13-15-29)11-10-21-16-20(6-8-24(21)32-27)19-4-2-1-3-5-19/h1-11,16-18H,12-15H2. The van der Waals surface area contributed by atoms with Crippen LogP contribution in [0.25, 0.3) is 28.3 Å². The molecule has 4 aromatic rings. The minimum atomic E-state index is -0.353. The zero-order valence-corrected chi connectivity index (χ0v) is 17.5. The number of oxazole rings is 1. The summed E-state index contributed by atoms with van der Waals surface area (Å²) >= 11 is 0. The van der Waals surface area contributed by atoms with E-state index >= 15 is 0 Å². The van der Waals surface area contributed by atoms with Crippen molar-refractivity contribution in [1.29, 1.82) is 0 Å². The predicted molar refractivity (Wildman–Crippen MR) is 123 cm³/mol. The van der Waals surface area contributed by atoms with E-state index in [9.17, 15) is 4.79 Å². The van der Waals surface area contributed by atoms with Crippen molar-refractivity contribution in [3.63, 3.8) is 0 Å². The lowest BCUT2D eigenvalue weighted by atomic mass is 9.87. The monoisotopic (exact) mass is 422 g/mol. The van der Waals surface area contributed by atoms with E-state index in [-0.39, 0.29) is 11.5 Å². The number of aromatic nitrogens is 1. The highest BCUT2D eigenvalue weighted by Crippen LogP contribution is 2.39. The van der Waals surface area contributed by atoms with Gasteiger partial charge in [0.1, 0.15) is 16.9 Å². The zero-order valence-electron chi connectivity index (χ0n) is 17.5. The molecule has 158 valence electrons. The Hall–Kier alpha value is -3.86. The van der Waals surface area contributed by atoms with Gasteiger partial charge >= 0.3 is 0 Å². The average molecular weight is 422 g/mol. The summed E-state index contributed by atoms with van der Waals surface area (Å²) in [7, 11) is 0. The molecule has 1 spiro atoms. The predicted octanol–water partition coefficient (Wildman–Crippen LogP) is 5.58. The number of rotatable bonds is 2. The molecule has 3 aromatic carbocycles. The number of nitrogens with zero attached hydrogens (tertiary/aromatic N) is 2. The zero-order chi connectivity index (χ0) is 21.5. The highest BCUT2D eigenvalue weighted by molar-refractivity contribution is 5.97. The lowest BCUT2D eigenvalue weighted by molar-refractivity contribution is 0.0329. The first-order valence-electron chi connectivity index (χ1n) is 10.9. The number of likely N-dealkylation sites (tertiary alicyclic amines) is 1. The fourth-order valence-corrected chi connectivity index (χ4v) is 4.61. The summed E-state index contributed by atoms with van der Waals surface area (Å²) in [6.45, 7) is 1.30. The molecule has 1 aromatic heterocycles. The van der Waals surface area contributed by atoms with Crippen molar-refractivity contribution in [3.05, 3.63) is 90.3 Å². The molecule has 0 radical (unpaired) electrons. The lowest BCUT2D eigenvalue weighted by Gasteiger charge is -2.42. The molecule has 0 N–H and O–H groups in total. The number of benzene rings is 3. The molecule has 0 saturated carbocycles. The second kappa shape index (κ2) is 7.38. The largest absolute Gasteiger partial charge is 0.482 e. The van der Waals surface area contributed by atoms with Crippen LogP contribution in [0.1, 0.15) is 28.8 Å². The highest BCUT2D eigenvalue weighted by atomic mass is 16.5. The Labute approximate surface area is 185 Å². The van der Waals surface area contributed by atoms with E-state index in [1.54, 1.807) is 18.2 Å². The number of fused-ring (bicyclic) bond motifs is 2. The van der Waals surface area contributed by atoms with Crippen LogP contribution < -0.4 is 4.74 Å². The van der Waals surface area contributed by atoms with Crippen LogP contribution in [0, 0.1) is 0 Å².